The summed E-state index contributed by atoms with van der Waals surface area (Å²) in [5, 5.41) is 24.1. The van der Waals surface area contributed by atoms with Crippen molar-refractivity contribution in [2.45, 2.75) is 0 Å². The molecule has 0 saturated heterocycles. The molecule has 0 aliphatic heterocycles. The van der Waals surface area contributed by atoms with Crippen LogP contribution in [0.3, 0.4) is 0 Å². The maximum absolute atomic E-state index is 9.69. The van der Waals surface area contributed by atoms with E-state index in [0.29, 0.717) is 15.8 Å². The minimum atomic E-state index is -0.0326. The highest BCUT2D eigenvalue weighted by Gasteiger charge is 2.10. The van der Waals surface area contributed by atoms with Gasteiger partial charge in [-0.25, -0.2) is 4.63 Å². The largest absolute Gasteiger partial charge is 0.503 e. The zero-order chi connectivity index (χ0) is 15.4. The van der Waals surface area contributed by atoms with Crippen LogP contribution in [-0.2, 0) is 0 Å². The summed E-state index contributed by atoms with van der Waals surface area (Å²) in [4.78, 5) is 0. The molecule has 1 aromatic heterocycles. The summed E-state index contributed by atoms with van der Waals surface area (Å²) >= 11 is 3.20. The molecule has 0 aliphatic rings. The number of ether oxygens (including phenoxy) is 1. The summed E-state index contributed by atoms with van der Waals surface area (Å²) in [5.74, 6) is 0.294. The standard InChI is InChI=1S/C11H11BrN6O3/c1-20-7-3-5(2-6(12)9(7)19)4-15-16-10(13)8-11(14)18-21-17-8/h2-4,19H,1H3,(H2,13,16)(H2,14,18)/b15-4+. The van der Waals surface area contributed by atoms with Crippen LogP contribution < -0.4 is 16.2 Å². The van der Waals surface area contributed by atoms with Crippen LogP contribution in [0.15, 0.2) is 31.4 Å². The summed E-state index contributed by atoms with van der Waals surface area (Å²) in [7, 11) is 1.44. The van der Waals surface area contributed by atoms with Crippen molar-refractivity contribution in [1.82, 2.24) is 10.3 Å². The van der Waals surface area contributed by atoms with Crippen LogP contribution in [0.4, 0.5) is 5.82 Å². The van der Waals surface area contributed by atoms with Crippen LogP contribution in [-0.4, -0.2) is 34.6 Å². The molecule has 0 amide bonds. The fraction of sp³-hybridized carbons (Fsp3) is 0.0909. The number of nitrogen functional groups attached to an aromatic ring is 1. The fourth-order valence-electron chi connectivity index (χ4n) is 1.40. The fourth-order valence-corrected chi connectivity index (χ4v) is 1.86. The molecule has 21 heavy (non-hydrogen) atoms. The molecule has 0 radical (unpaired) electrons. The third-order valence-corrected chi connectivity index (χ3v) is 3.00. The number of nitrogens with zero attached hydrogens (tertiary/aromatic N) is 4. The van der Waals surface area contributed by atoms with Crippen LogP contribution >= 0.6 is 15.9 Å². The summed E-state index contributed by atoms with van der Waals surface area (Å²) in [6, 6.07) is 3.22. The molecule has 10 heteroatoms. The predicted octanol–water partition coefficient (Wildman–Crippen LogP) is 0.868. The Morgan fingerprint density at radius 3 is 2.86 bits per heavy atom. The summed E-state index contributed by atoms with van der Waals surface area (Å²) in [5.41, 5.74) is 11.9. The van der Waals surface area contributed by atoms with Gasteiger partial charge < -0.3 is 21.3 Å². The van der Waals surface area contributed by atoms with E-state index in [-0.39, 0.29) is 23.1 Å². The van der Waals surface area contributed by atoms with Gasteiger partial charge in [-0.1, -0.05) is 0 Å². The third kappa shape index (κ3) is 3.28. The van der Waals surface area contributed by atoms with Crippen molar-refractivity contribution in [2.24, 2.45) is 15.9 Å². The van der Waals surface area contributed by atoms with E-state index in [9.17, 15) is 5.11 Å². The Labute approximate surface area is 127 Å². The molecule has 2 rings (SSSR count). The zero-order valence-electron chi connectivity index (χ0n) is 10.8. The molecular weight excluding hydrogens is 344 g/mol. The van der Waals surface area contributed by atoms with E-state index in [2.05, 4.69) is 41.1 Å². The van der Waals surface area contributed by atoms with Crippen molar-refractivity contribution in [3.63, 3.8) is 0 Å². The van der Waals surface area contributed by atoms with E-state index in [1.807, 2.05) is 0 Å². The number of methoxy groups -OCH3 is 1. The molecule has 0 bridgehead atoms. The molecule has 110 valence electrons. The monoisotopic (exact) mass is 354 g/mol. The highest BCUT2D eigenvalue weighted by atomic mass is 79.9. The molecule has 1 aromatic carbocycles. The average Bonchev–Trinajstić information content (AvgIpc) is 2.88. The van der Waals surface area contributed by atoms with Gasteiger partial charge in [0.15, 0.2) is 28.8 Å². The van der Waals surface area contributed by atoms with Gasteiger partial charge in [-0.15, -0.1) is 5.10 Å². The van der Waals surface area contributed by atoms with Gasteiger partial charge in [0.05, 0.1) is 17.8 Å². The molecule has 9 nitrogen and oxygen atoms in total. The lowest BCUT2D eigenvalue weighted by Crippen LogP contribution is -2.15. The van der Waals surface area contributed by atoms with E-state index in [1.165, 1.54) is 13.3 Å². The minimum Gasteiger partial charge on any atom is -0.503 e. The zero-order valence-corrected chi connectivity index (χ0v) is 12.4. The first-order chi connectivity index (χ1) is 10.0. The van der Waals surface area contributed by atoms with Gasteiger partial charge in [-0.3, -0.25) is 0 Å². The number of rotatable bonds is 4. The lowest BCUT2D eigenvalue weighted by molar-refractivity contribution is 0.308. The predicted molar refractivity (Wildman–Crippen MR) is 79.4 cm³/mol. The van der Waals surface area contributed by atoms with Gasteiger partial charge in [0.25, 0.3) is 0 Å². The number of halogens is 1. The molecule has 5 N–H and O–H groups in total. The Hall–Kier alpha value is -2.62. The van der Waals surface area contributed by atoms with Gasteiger partial charge in [0.2, 0.25) is 0 Å². The molecule has 0 fully saturated rings. The van der Waals surface area contributed by atoms with Gasteiger partial charge in [-0.2, -0.15) is 5.10 Å². The second-order valence-electron chi connectivity index (χ2n) is 3.78. The Morgan fingerprint density at radius 1 is 1.48 bits per heavy atom. The highest BCUT2D eigenvalue weighted by Crippen LogP contribution is 2.34. The second-order valence-corrected chi connectivity index (χ2v) is 4.64. The quantitative estimate of drug-likeness (QED) is 0.419. The number of anilines is 1. The molecular formula is C11H11BrN6O3. The number of hydrogen-bond donors (Lipinski definition) is 3. The number of nitrogens with two attached hydrogens (primary N) is 2. The highest BCUT2D eigenvalue weighted by molar-refractivity contribution is 9.10. The van der Waals surface area contributed by atoms with Gasteiger partial charge in [-0.05, 0) is 43.9 Å². The first-order valence-electron chi connectivity index (χ1n) is 5.54. The maximum Gasteiger partial charge on any atom is 0.199 e. The second kappa shape index (κ2) is 6.22. The number of benzene rings is 1. The average molecular weight is 355 g/mol. The number of aromatic nitrogens is 2. The van der Waals surface area contributed by atoms with Crippen LogP contribution in [0.1, 0.15) is 11.3 Å². The molecule has 1 heterocycles. The van der Waals surface area contributed by atoms with E-state index in [4.69, 9.17) is 16.2 Å². The van der Waals surface area contributed by atoms with E-state index in [0.717, 1.165) is 0 Å². The summed E-state index contributed by atoms with van der Waals surface area (Å²) < 4.78 is 9.88. The molecule has 2 aromatic rings. The Balaban J connectivity index is 2.22. The number of phenolic OH excluding ortho intramolecular Hbond substituents is 1. The van der Waals surface area contributed by atoms with Crippen molar-refractivity contribution in [3.8, 4) is 11.5 Å². The Bertz CT molecular complexity index is 712. The van der Waals surface area contributed by atoms with E-state index in [1.54, 1.807) is 12.1 Å². The molecule has 0 saturated carbocycles. The van der Waals surface area contributed by atoms with Crippen molar-refractivity contribution in [1.29, 1.82) is 0 Å². The molecule has 0 spiro atoms. The molecule has 0 unspecified atom stereocenters. The maximum atomic E-state index is 9.69. The smallest absolute Gasteiger partial charge is 0.199 e. The number of phenols is 1. The SMILES string of the molecule is COc1cc(/C=N/N=C(N)c2nonc2N)cc(Br)c1O. The van der Waals surface area contributed by atoms with Crippen LogP contribution in [0.5, 0.6) is 11.5 Å². The lowest BCUT2D eigenvalue weighted by Gasteiger charge is -2.05. The minimum absolute atomic E-state index is 0.000824. The van der Waals surface area contributed by atoms with Crippen molar-refractivity contribution in [3.05, 3.63) is 27.9 Å². The van der Waals surface area contributed by atoms with Crippen LogP contribution in [0.25, 0.3) is 0 Å². The number of aromatic hydroxyl groups is 1. The normalized spacial score (nSPS) is 12.0. The Kier molecular flexibility index (Phi) is 4.38. The summed E-state index contributed by atoms with van der Waals surface area (Å²) in [6.45, 7) is 0. The van der Waals surface area contributed by atoms with Gasteiger partial charge >= 0.3 is 0 Å². The first kappa shape index (κ1) is 14.8. The van der Waals surface area contributed by atoms with Crippen molar-refractivity contribution < 1.29 is 14.5 Å². The van der Waals surface area contributed by atoms with E-state index >= 15 is 0 Å². The van der Waals surface area contributed by atoms with Crippen molar-refractivity contribution in [2.75, 3.05) is 12.8 Å². The van der Waals surface area contributed by atoms with E-state index < -0.39 is 0 Å². The third-order valence-electron chi connectivity index (χ3n) is 2.40. The first-order valence-corrected chi connectivity index (χ1v) is 6.33. The van der Waals surface area contributed by atoms with Crippen LogP contribution in [0, 0.1) is 0 Å². The summed E-state index contributed by atoms with van der Waals surface area (Å²) in [6.07, 6.45) is 1.42. The molecule has 0 aliphatic carbocycles. The van der Waals surface area contributed by atoms with Gasteiger partial charge in [0.1, 0.15) is 0 Å². The van der Waals surface area contributed by atoms with Crippen molar-refractivity contribution >= 4 is 33.8 Å². The van der Waals surface area contributed by atoms with Gasteiger partial charge in [0, 0.05) is 0 Å². The molecule has 0 atom stereocenters. The van der Waals surface area contributed by atoms with Crippen LogP contribution in [0.2, 0.25) is 0 Å². The topological polar surface area (TPSA) is 145 Å². The number of hydrogen-bond acceptors (Lipinski definition) is 8. The lowest BCUT2D eigenvalue weighted by atomic mass is 10.2. The number of amidine groups is 1. The Morgan fingerprint density at radius 2 is 2.24 bits per heavy atom.